The highest BCUT2D eigenvalue weighted by atomic mass is 16.6. The molecule has 0 atom stereocenters. The molecule has 2 rings (SSSR count). The van der Waals surface area contributed by atoms with E-state index in [4.69, 9.17) is 0 Å². The Bertz CT molecular complexity index is 898. The minimum absolute atomic E-state index is 0.150. The largest absolute Gasteiger partial charge is 0.345 e. The van der Waals surface area contributed by atoms with Gasteiger partial charge in [0.25, 0.3) is 17.5 Å². The van der Waals surface area contributed by atoms with Crippen LogP contribution in [0.2, 0.25) is 0 Å². The molecule has 10 nitrogen and oxygen atoms in total. The number of hydrogen-bond donors (Lipinski definition) is 3. The Morgan fingerprint density at radius 1 is 0.929 bits per heavy atom. The van der Waals surface area contributed by atoms with Crippen LogP contribution in [0.5, 0.6) is 0 Å². The van der Waals surface area contributed by atoms with E-state index in [1.807, 2.05) is 0 Å². The van der Waals surface area contributed by atoms with Crippen LogP contribution in [-0.2, 0) is 9.59 Å². The first-order valence-electron chi connectivity index (χ1n) is 8.12. The van der Waals surface area contributed by atoms with Crippen LogP contribution < -0.4 is 16.1 Å². The van der Waals surface area contributed by atoms with Crippen LogP contribution in [0.15, 0.2) is 59.7 Å². The van der Waals surface area contributed by atoms with Gasteiger partial charge in [-0.2, -0.15) is 5.10 Å². The van der Waals surface area contributed by atoms with E-state index in [1.165, 1.54) is 18.2 Å². The zero-order valence-corrected chi connectivity index (χ0v) is 14.6. The molecule has 0 aliphatic heterocycles. The number of carbonyl (C=O) groups excluding carboxylic acids is 3. The molecule has 0 radical (unpaired) electrons. The van der Waals surface area contributed by atoms with Gasteiger partial charge >= 0.3 is 0 Å². The van der Waals surface area contributed by atoms with E-state index >= 15 is 0 Å². The molecule has 3 N–H and O–H groups in total. The highest BCUT2D eigenvalue weighted by Crippen LogP contribution is 2.14. The summed E-state index contributed by atoms with van der Waals surface area (Å²) in [7, 11) is 0. The molecule has 3 amide bonds. The summed E-state index contributed by atoms with van der Waals surface area (Å²) in [4.78, 5) is 45.4. The number of carbonyl (C=O) groups is 3. The number of rotatable bonds is 8. The number of hydrogen-bond acceptors (Lipinski definition) is 6. The van der Waals surface area contributed by atoms with Crippen LogP contribution in [0.4, 0.5) is 5.69 Å². The van der Waals surface area contributed by atoms with Gasteiger partial charge in [0.05, 0.1) is 29.8 Å². The lowest BCUT2D eigenvalue weighted by atomic mass is 10.2. The average molecular weight is 383 g/mol. The van der Waals surface area contributed by atoms with Crippen molar-refractivity contribution in [2.45, 2.75) is 0 Å². The zero-order valence-electron chi connectivity index (χ0n) is 14.6. The Labute approximate surface area is 159 Å². The Balaban J connectivity index is 1.73. The van der Waals surface area contributed by atoms with E-state index in [9.17, 15) is 24.5 Å². The van der Waals surface area contributed by atoms with Crippen molar-refractivity contribution in [3.8, 4) is 0 Å². The van der Waals surface area contributed by atoms with Gasteiger partial charge in [-0.05, 0) is 18.2 Å². The molecule has 0 saturated carbocycles. The second-order valence-electron chi connectivity index (χ2n) is 5.43. The molecule has 0 aliphatic rings. The molecule has 144 valence electrons. The van der Waals surface area contributed by atoms with Crippen molar-refractivity contribution >= 4 is 29.6 Å². The third-order valence-corrected chi connectivity index (χ3v) is 3.42. The summed E-state index contributed by atoms with van der Waals surface area (Å²) in [6.45, 7) is -0.658. The maximum atomic E-state index is 11.8. The van der Waals surface area contributed by atoms with E-state index in [0.29, 0.717) is 5.56 Å². The minimum atomic E-state index is -0.627. The molecule has 28 heavy (non-hydrogen) atoms. The van der Waals surface area contributed by atoms with Crippen molar-refractivity contribution in [2.75, 3.05) is 13.1 Å². The molecule has 0 fully saturated rings. The van der Waals surface area contributed by atoms with Crippen molar-refractivity contribution < 1.29 is 19.3 Å². The number of nitro benzene ring substituents is 1. The van der Waals surface area contributed by atoms with E-state index < -0.39 is 22.6 Å². The second kappa shape index (κ2) is 10.2. The van der Waals surface area contributed by atoms with Crippen LogP contribution in [0.1, 0.15) is 15.9 Å². The predicted molar refractivity (Wildman–Crippen MR) is 101 cm³/mol. The number of nitrogens with zero attached hydrogens (tertiary/aromatic N) is 2. The molecule has 0 heterocycles. The molecule has 0 saturated heterocycles. The molecule has 10 heteroatoms. The number of hydrazone groups is 1. The first kappa shape index (κ1) is 20.2. The van der Waals surface area contributed by atoms with Gasteiger partial charge < -0.3 is 10.6 Å². The fraction of sp³-hybridized carbons (Fsp3) is 0.111. The summed E-state index contributed by atoms with van der Waals surface area (Å²) in [5.74, 6) is -1.59. The number of para-hydroxylation sites is 1. The summed E-state index contributed by atoms with van der Waals surface area (Å²) in [6, 6.07) is 14.3. The van der Waals surface area contributed by atoms with Crippen molar-refractivity contribution in [1.82, 2.24) is 16.1 Å². The predicted octanol–water partition coefficient (Wildman–Crippen LogP) is 0.591. The third-order valence-electron chi connectivity index (χ3n) is 3.42. The van der Waals surface area contributed by atoms with Crippen molar-refractivity contribution in [2.24, 2.45) is 5.10 Å². The van der Waals surface area contributed by atoms with Gasteiger partial charge in [-0.1, -0.05) is 30.3 Å². The maximum Gasteiger partial charge on any atom is 0.278 e. The SMILES string of the molecule is O=C(CNC(=O)c1ccccc1)NCC(=O)N/N=C/c1ccccc1[N+](=O)[O-]. The fourth-order valence-corrected chi connectivity index (χ4v) is 2.07. The number of amides is 3. The molecule has 2 aromatic rings. The summed E-state index contributed by atoms with van der Waals surface area (Å²) >= 11 is 0. The number of nitrogens with one attached hydrogen (secondary N) is 3. The van der Waals surface area contributed by atoms with Gasteiger partial charge in [-0.15, -0.1) is 0 Å². The molecule has 0 bridgehead atoms. The lowest BCUT2D eigenvalue weighted by Crippen LogP contribution is -2.41. The topological polar surface area (TPSA) is 143 Å². The Hall–Kier alpha value is -4.08. The van der Waals surface area contributed by atoms with Crippen LogP contribution in [-0.4, -0.2) is 41.9 Å². The van der Waals surface area contributed by atoms with Crippen molar-refractivity contribution in [1.29, 1.82) is 0 Å². The third kappa shape index (κ3) is 6.33. The van der Waals surface area contributed by atoms with Crippen LogP contribution in [0.25, 0.3) is 0 Å². The van der Waals surface area contributed by atoms with E-state index in [1.54, 1.807) is 36.4 Å². The van der Waals surface area contributed by atoms with Gasteiger partial charge in [0.1, 0.15) is 0 Å². The summed E-state index contributed by atoms with van der Waals surface area (Å²) in [5, 5.41) is 19.2. The number of benzene rings is 2. The van der Waals surface area contributed by atoms with Gasteiger partial charge in [0.15, 0.2) is 0 Å². The lowest BCUT2D eigenvalue weighted by molar-refractivity contribution is -0.385. The second-order valence-corrected chi connectivity index (χ2v) is 5.43. The first-order chi connectivity index (χ1) is 13.5. The normalized spacial score (nSPS) is 10.3. The first-order valence-corrected chi connectivity index (χ1v) is 8.12. The Kier molecular flexibility index (Phi) is 7.34. The molecular weight excluding hydrogens is 366 g/mol. The quantitative estimate of drug-likeness (QED) is 0.347. The molecule has 0 spiro atoms. The van der Waals surface area contributed by atoms with Crippen LogP contribution >= 0.6 is 0 Å². The van der Waals surface area contributed by atoms with Gasteiger partial charge in [-0.3, -0.25) is 24.5 Å². The monoisotopic (exact) mass is 383 g/mol. The molecule has 0 aliphatic carbocycles. The minimum Gasteiger partial charge on any atom is -0.345 e. The highest BCUT2D eigenvalue weighted by Gasteiger charge is 2.11. The lowest BCUT2D eigenvalue weighted by Gasteiger charge is -2.06. The number of nitro groups is 1. The summed E-state index contributed by atoms with van der Waals surface area (Å²) < 4.78 is 0. The molecule has 0 unspecified atom stereocenters. The molecule has 2 aromatic carbocycles. The van der Waals surface area contributed by atoms with E-state index in [2.05, 4.69) is 21.2 Å². The van der Waals surface area contributed by atoms with Gasteiger partial charge in [-0.25, -0.2) is 5.43 Å². The highest BCUT2D eigenvalue weighted by molar-refractivity contribution is 5.96. The Morgan fingerprint density at radius 2 is 1.57 bits per heavy atom. The van der Waals surface area contributed by atoms with Crippen LogP contribution in [0, 0.1) is 10.1 Å². The van der Waals surface area contributed by atoms with Crippen molar-refractivity contribution in [3.63, 3.8) is 0 Å². The molecular formula is C18H17N5O5. The standard InChI is InChI=1S/C18H17N5O5/c24-16(11-20-18(26)13-6-2-1-3-7-13)19-12-17(25)22-21-10-14-8-4-5-9-15(14)23(27)28/h1-10H,11-12H2,(H,19,24)(H,20,26)(H,22,25)/b21-10+. The molecule has 0 aromatic heterocycles. The van der Waals surface area contributed by atoms with E-state index in [-0.39, 0.29) is 24.3 Å². The average Bonchev–Trinajstić information content (AvgIpc) is 2.71. The van der Waals surface area contributed by atoms with Crippen molar-refractivity contribution in [3.05, 3.63) is 75.8 Å². The van der Waals surface area contributed by atoms with Gasteiger partial charge in [0.2, 0.25) is 5.91 Å². The summed E-state index contributed by atoms with van der Waals surface area (Å²) in [6.07, 6.45) is 1.14. The smallest absolute Gasteiger partial charge is 0.278 e. The van der Waals surface area contributed by atoms with E-state index in [0.717, 1.165) is 6.21 Å². The zero-order chi connectivity index (χ0) is 20.4. The Morgan fingerprint density at radius 3 is 2.29 bits per heavy atom. The van der Waals surface area contributed by atoms with Gasteiger partial charge in [0, 0.05) is 11.6 Å². The maximum absolute atomic E-state index is 11.8. The summed E-state index contributed by atoms with van der Waals surface area (Å²) in [5.41, 5.74) is 2.64. The van der Waals surface area contributed by atoms with Crippen LogP contribution in [0.3, 0.4) is 0 Å². The fourth-order valence-electron chi connectivity index (χ4n) is 2.07.